The maximum Gasteiger partial charge on any atom is 0.226 e. The van der Waals surface area contributed by atoms with Crippen LogP contribution in [0.15, 0.2) is 0 Å². The monoisotopic (exact) mass is 295 g/mol. The van der Waals surface area contributed by atoms with E-state index in [-0.39, 0.29) is 29.8 Å². The molecule has 3 fully saturated rings. The summed E-state index contributed by atoms with van der Waals surface area (Å²) in [6.07, 6.45) is 2.98. The number of rotatable bonds is 4. The molecule has 2 amide bonds. The van der Waals surface area contributed by atoms with Crippen molar-refractivity contribution in [1.82, 2.24) is 15.1 Å². The van der Waals surface area contributed by atoms with Crippen LogP contribution in [0, 0.1) is 11.8 Å². The third-order valence-corrected chi connectivity index (χ3v) is 4.79. The highest BCUT2D eigenvalue weighted by Gasteiger charge is 2.49. The molecule has 6 nitrogen and oxygen atoms in total. The average molecular weight is 295 g/mol. The van der Waals surface area contributed by atoms with Gasteiger partial charge in [0.25, 0.3) is 0 Å². The molecule has 1 N–H and O–H groups in total. The first-order valence-electron chi connectivity index (χ1n) is 8.02. The van der Waals surface area contributed by atoms with Gasteiger partial charge in [0, 0.05) is 39.3 Å². The summed E-state index contributed by atoms with van der Waals surface area (Å²) in [5.41, 5.74) is 0. The van der Waals surface area contributed by atoms with Crippen LogP contribution in [0.5, 0.6) is 0 Å². The van der Waals surface area contributed by atoms with E-state index in [0.717, 1.165) is 45.6 Å². The smallest absolute Gasteiger partial charge is 0.226 e. The van der Waals surface area contributed by atoms with Crippen molar-refractivity contribution in [2.45, 2.75) is 25.4 Å². The Balaban J connectivity index is 1.40. The second-order valence-corrected chi connectivity index (χ2v) is 6.46. The molecule has 0 aromatic rings. The van der Waals surface area contributed by atoms with Gasteiger partial charge in [-0.15, -0.1) is 0 Å². The van der Waals surface area contributed by atoms with Crippen LogP contribution < -0.4 is 5.32 Å². The highest BCUT2D eigenvalue weighted by molar-refractivity contribution is 5.92. The summed E-state index contributed by atoms with van der Waals surface area (Å²) in [6, 6.07) is 0. The summed E-state index contributed by atoms with van der Waals surface area (Å²) in [6.45, 7) is 4.81. The van der Waals surface area contributed by atoms with Gasteiger partial charge in [-0.25, -0.2) is 0 Å². The summed E-state index contributed by atoms with van der Waals surface area (Å²) >= 11 is 0. The molecule has 0 bridgehead atoms. The third kappa shape index (κ3) is 3.55. The van der Waals surface area contributed by atoms with Crippen molar-refractivity contribution in [3.05, 3.63) is 0 Å². The molecule has 21 heavy (non-hydrogen) atoms. The Kier molecular flexibility index (Phi) is 4.45. The zero-order valence-electron chi connectivity index (χ0n) is 12.7. The lowest BCUT2D eigenvalue weighted by Crippen LogP contribution is -2.48. The number of nitrogens with one attached hydrogen (secondary N) is 1. The molecule has 3 rings (SSSR count). The zero-order chi connectivity index (χ0) is 14.8. The van der Waals surface area contributed by atoms with Crippen molar-refractivity contribution in [3.63, 3.8) is 0 Å². The quantitative estimate of drug-likeness (QED) is 0.773. The first-order chi connectivity index (χ1) is 10.1. The Morgan fingerprint density at radius 3 is 2.62 bits per heavy atom. The van der Waals surface area contributed by atoms with Crippen LogP contribution in [0.1, 0.15) is 19.3 Å². The first-order valence-corrected chi connectivity index (χ1v) is 8.02. The lowest BCUT2D eigenvalue weighted by molar-refractivity contribution is -0.136. The van der Waals surface area contributed by atoms with Gasteiger partial charge in [0.1, 0.15) is 0 Å². The molecular formula is C15H25N3O3. The second-order valence-electron chi connectivity index (χ2n) is 6.46. The van der Waals surface area contributed by atoms with Gasteiger partial charge in [-0.2, -0.15) is 0 Å². The summed E-state index contributed by atoms with van der Waals surface area (Å²) in [7, 11) is 2.07. The summed E-state index contributed by atoms with van der Waals surface area (Å²) in [5, 5.41) is 2.94. The van der Waals surface area contributed by atoms with Crippen molar-refractivity contribution >= 4 is 11.8 Å². The normalized spacial score (nSPS) is 33.0. The molecule has 2 heterocycles. The zero-order valence-corrected chi connectivity index (χ0v) is 12.7. The molecule has 0 aromatic carbocycles. The fraction of sp³-hybridized carbons (Fsp3) is 0.867. The standard InChI is InChI=1S/C15H25N3O3/c1-17-4-6-18(7-5-17)15(20)13-9-12(13)14(19)16-10-11-3-2-8-21-11/h11-13H,2-10H2,1H3,(H,16,19). The van der Waals surface area contributed by atoms with Gasteiger partial charge in [-0.1, -0.05) is 0 Å². The second kappa shape index (κ2) is 6.32. The number of likely N-dealkylation sites (N-methyl/N-ethyl adjacent to an activating group) is 1. The molecule has 118 valence electrons. The summed E-state index contributed by atoms with van der Waals surface area (Å²) in [4.78, 5) is 28.6. The highest BCUT2D eigenvalue weighted by atomic mass is 16.5. The van der Waals surface area contributed by atoms with Crippen molar-refractivity contribution in [2.75, 3.05) is 46.4 Å². The van der Waals surface area contributed by atoms with Crippen LogP contribution in [0.25, 0.3) is 0 Å². The molecule has 1 saturated carbocycles. The Bertz CT molecular complexity index is 401. The van der Waals surface area contributed by atoms with Gasteiger partial charge in [0.15, 0.2) is 0 Å². The molecule has 3 unspecified atom stereocenters. The summed E-state index contributed by atoms with van der Waals surface area (Å²) in [5.74, 6) is -0.00481. The van der Waals surface area contributed by atoms with Crippen LogP contribution in [-0.2, 0) is 14.3 Å². The molecule has 3 atom stereocenters. The van der Waals surface area contributed by atoms with Crippen molar-refractivity contribution in [2.24, 2.45) is 11.8 Å². The van der Waals surface area contributed by atoms with E-state index in [0.29, 0.717) is 13.0 Å². The van der Waals surface area contributed by atoms with Crippen molar-refractivity contribution in [3.8, 4) is 0 Å². The molecule has 0 spiro atoms. The minimum atomic E-state index is -0.112. The first kappa shape index (κ1) is 14.8. The van der Waals surface area contributed by atoms with E-state index in [1.807, 2.05) is 4.90 Å². The maximum absolute atomic E-state index is 12.3. The van der Waals surface area contributed by atoms with Crippen molar-refractivity contribution < 1.29 is 14.3 Å². The van der Waals surface area contributed by atoms with Gasteiger partial charge in [-0.3, -0.25) is 9.59 Å². The third-order valence-electron chi connectivity index (χ3n) is 4.79. The van der Waals surface area contributed by atoms with Crippen molar-refractivity contribution in [1.29, 1.82) is 0 Å². The predicted octanol–water partition coefficient (Wildman–Crippen LogP) is -0.308. The maximum atomic E-state index is 12.3. The van der Waals surface area contributed by atoms with Gasteiger partial charge in [0.05, 0.1) is 17.9 Å². The number of nitrogens with zero attached hydrogens (tertiary/aromatic N) is 2. The minimum Gasteiger partial charge on any atom is -0.376 e. The fourth-order valence-corrected chi connectivity index (χ4v) is 3.17. The lowest BCUT2D eigenvalue weighted by Gasteiger charge is -2.32. The Hall–Kier alpha value is -1.14. The predicted molar refractivity (Wildman–Crippen MR) is 77.7 cm³/mol. The minimum absolute atomic E-state index is 0.0259. The number of hydrogen-bond donors (Lipinski definition) is 1. The van der Waals surface area contributed by atoms with Gasteiger partial charge in [-0.05, 0) is 26.3 Å². The molecule has 2 saturated heterocycles. The Labute approximate surface area is 125 Å². The number of piperazine rings is 1. The molecule has 3 aliphatic rings. The molecule has 1 aliphatic carbocycles. The summed E-state index contributed by atoms with van der Waals surface area (Å²) < 4.78 is 5.49. The molecule has 2 aliphatic heterocycles. The lowest BCUT2D eigenvalue weighted by atomic mass is 10.2. The average Bonchev–Trinajstić information content (AvgIpc) is 3.12. The van der Waals surface area contributed by atoms with Crippen LogP contribution in [-0.4, -0.2) is 74.1 Å². The van der Waals surface area contributed by atoms with E-state index >= 15 is 0 Å². The molecule has 0 aromatic heterocycles. The molecule has 6 heteroatoms. The highest BCUT2D eigenvalue weighted by Crippen LogP contribution is 2.40. The Morgan fingerprint density at radius 2 is 1.95 bits per heavy atom. The van der Waals surface area contributed by atoms with E-state index in [2.05, 4.69) is 17.3 Å². The van der Waals surface area contributed by atoms with Crippen LogP contribution in [0.4, 0.5) is 0 Å². The molecular weight excluding hydrogens is 270 g/mol. The Morgan fingerprint density at radius 1 is 1.19 bits per heavy atom. The topological polar surface area (TPSA) is 61.9 Å². The number of carbonyl (C=O) groups is 2. The van der Waals surface area contributed by atoms with Gasteiger partial charge in [0.2, 0.25) is 11.8 Å². The fourth-order valence-electron chi connectivity index (χ4n) is 3.17. The SMILES string of the molecule is CN1CCN(C(=O)C2CC2C(=O)NCC2CCCO2)CC1. The van der Waals surface area contributed by atoms with E-state index < -0.39 is 0 Å². The number of hydrogen-bond acceptors (Lipinski definition) is 4. The van der Waals surface area contributed by atoms with E-state index in [1.165, 1.54) is 0 Å². The van der Waals surface area contributed by atoms with Crippen LogP contribution in [0.3, 0.4) is 0 Å². The van der Waals surface area contributed by atoms with Gasteiger partial charge >= 0.3 is 0 Å². The number of ether oxygens (including phenoxy) is 1. The largest absolute Gasteiger partial charge is 0.376 e. The van der Waals surface area contributed by atoms with E-state index in [9.17, 15) is 9.59 Å². The van der Waals surface area contributed by atoms with Crippen LogP contribution in [0.2, 0.25) is 0 Å². The molecule has 0 radical (unpaired) electrons. The number of carbonyl (C=O) groups excluding carboxylic acids is 2. The van der Waals surface area contributed by atoms with Gasteiger partial charge < -0.3 is 19.9 Å². The van der Waals surface area contributed by atoms with E-state index in [4.69, 9.17) is 4.74 Å². The van der Waals surface area contributed by atoms with E-state index in [1.54, 1.807) is 0 Å². The number of amides is 2. The van der Waals surface area contributed by atoms with Crippen LogP contribution >= 0.6 is 0 Å².